The summed E-state index contributed by atoms with van der Waals surface area (Å²) in [7, 11) is 0. The summed E-state index contributed by atoms with van der Waals surface area (Å²) in [6.45, 7) is 11.0. The van der Waals surface area contributed by atoms with E-state index in [1.807, 2.05) is 26.8 Å². The van der Waals surface area contributed by atoms with Gasteiger partial charge in [-0.1, -0.05) is 6.07 Å². The van der Waals surface area contributed by atoms with Gasteiger partial charge in [0, 0.05) is 44.6 Å². The first kappa shape index (κ1) is 17.8. The highest BCUT2D eigenvalue weighted by molar-refractivity contribution is 5.75. The molecule has 2 heterocycles. The number of hydroxylamine groups is 2. The Hall–Kier alpha value is -2.05. The third kappa shape index (κ3) is 4.14. The number of piperazine rings is 1. The first-order valence-corrected chi connectivity index (χ1v) is 8.76. The van der Waals surface area contributed by atoms with Crippen LogP contribution in [-0.4, -0.2) is 52.1 Å². The number of fused-ring (bicyclic) bond motifs is 1. The summed E-state index contributed by atoms with van der Waals surface area (Å²) in [5, 5.41) is 1.78. The van der Waals surface area contributed by atoms with Crippen molar-refractivity contribution in [1.29, 1.82) is 0 Å². The van der Waals surface area contributed by atoms with Gasteiger partial charge in [0.05, 0.1) is 16.4 Å². The molecule has 1 unspecified atom stereocenters. The second kappa shape index (κ2) is 7.06. The zero-order valence-corrected chi connectivity index (χ0v) is 15.4. The van der Waals surface area contributed by atoms with Crippen LogP contribution in [0.1, 0.15) is 39.3 Å². The Labute approximate surface area is 148 Å². The lowest BCUT2D eigenvalue weighted by atomic mass is 9.98. The standard InChI is InChI=1S/C19H26N4O2/c1-14(15-5-6-16-17(13-15)21-8-7-20-16)22-9-11-23(12-10-22)25-18(24)19(2,3)4/h5-8,13-14H,9-12H2,1-4H3. The maximum atomic E-state index is 12.0. The lowest BCUT2D eigenvalue weighted by Crippen LogP contribution is -2.48. The predicted octanol–water partition coefficient (Wildman–Crippen LogP) is 2.81. The zero-order chi connectivity index (χ0) is 18.0. The molecule has 1 atom stereocenters. The van der Waals surface area contributed by atoms with Crippen LogP contribution in [0.3, 0.4) is 0 Å². The molecule has 0 radical (unpaired) electrons. The highest BCUT2D eigenvalue weighted by Gasteiger charge is 2.29. The lowest BCUT2D eigenvalue weighted by Gasteiger charge is -2.37. The van der Waals surface area contributed by atoms with Gasteiger partial charge in [-0.25, -0.2) is 4.79 Å². The number of benzene rings is 1. The average molecular weight is 342 g/mol. The van der Waals surface area contributed by atoms with Crippen LogP contribution in [0.15, 0.2) is 30.6 Å². The van der Waals surface area contributed by atoms with Crippen LogP contribution in [-0.2, 0) is 9.63 Å². The maximum absolute atomic E-state index is 12.0. The molecule has 2 aromatic rings. The summed E-state index contributed by atoms with van der Waals surface area (Å²) in [4.78, 5) is 28.6. The molecule has 0 aliphatic carbocycles. The van der Waals surface area contributed by atoms with Gasteiger partial charge < -0.3 is 4.84 Å². The number of carbonyl (C=O) groups excluding carboxylic acids is 1. The van der Waals surface area contributed by atoms with E-state index in [4.69, 9.17) is 4.84 Å². The molecule has 1 aromatic carbocycles. The zero-order valence-electron chi connectivity index (χ0n) is 15.4. The van der Waals surface area contributed by atoms with Crippen LogP contribution in [0.25, 0.3) is 11.0 Å². The smallest absolute Gasteiger partial charge is 0.330 e. The SMILES string of the molecule is CC(c1ccc2nccnc2c1)N1CCN(OC(=O)C(C)(C)C)CC1. The van der Waals surface area contributed by atoms with E-state index in [1.165, 1.54) is 5.56 Å². The van der Waals surface area contributed by atoms with Crippen LogP contribution in [0.4, 0.5) is 0 Å². The van der Waals surface area contributed by atoms with Gasteiger partial charge in [-0.05, 0) is 45.4 Å². The van der Waals surface area contributed by atoms with Gasteiger partial charge in [0.1, 0.15) is 0 Å². The molecular weight excluding hydrogens is 316 g/mol. The molecule has 0 amide bonds. The molecule has 6 nitrogen and oxygen atoms in total. The molecule has 3 rings (SSSR count). The van der Waals surface area contributed by atoms with Crippen molar-refractivity contribution in [3.05, 3.63) is 36.2 Å². The Morgan fingerprint density at radius 2 is 1.72 bits per heavy atom. The predicted molar refractivity (Wildman–Crippen MR) is 96.6 cm³/mol. The number of carbonyl (C=O) groups is 1. The average Bonchev–Trinajstić information content (AvgIpc) is 2.60. The van der Waals surface area contributed by atoms with Crippen LogP contribution in [0.5, 0.6) is 0 Å². The molecule has 1 aliphatic heterocycles. The van der Waals surface area contributed by atoms with Crippen molar-refractivity contribution >= 4 is 17.0 Å². The number of hydrogen-bond acceptors (Lipinski definition) is 6. The van der Waals surface area contributed by atoms with E-state index in [0.29, 0.717) is 0 Å². The Kier molecular flexibility index (Phi) is 5.01. The first-order chi connectivity index (χ1) is 11.8. The quantitative estimate of drug-likeness (QED) is 0.855. The van der Waals surface area contributed by atoms with Crippen molar-refractivity contribution in [3.8, 4) is 0 Å². The highest BCUT2D eigenvalue weighted by Crippen LogP contribution is 2.24. The molecule has 134 valence electrons. The Balaban J connectivity index is 1.61. The second-order valence-electron chi connectivity index (χ2n) is 7.57. The normalized spacial score (nSPS) is 18.2. The van der Waals surface area contributed by atoms with Crippen molar-refractivity contribution in [2.45, 2.75) is 33.7 Å². The molecule has 1 fully saturated rings. The summed E-state index contributed by atoms with van der Waals surface area (Å²) < 4.78 is 0. The van der Waals surface area contributed by atoms with E-state index in [2.05, 4.69) is 33.9 Å². The first-order valence-electron chi connectivity index (χ1n) is 8.76. The third-order valence-corrected chi connectivity index (χ3v) is 4.62. The van der Waals surface area contributed by atoms with E-state index in [-0.39, 0.29) is 12.0 Å². The largest absolute Gasteiger partial charge is 0.367 e. The molecule has 1 aromatic heterocycles. The molecule has 1 saturated heterocycles. The highest BCUT2D eigenvalue weighted by atomic mass is 16.7. The molecule has 6 heteroatoms. The topological polar surface area (TPSA) is 58.6 Å². The fourth-order valence-electron chi connectivity index (χ4n) is 2.89. The Bertz CT molecular complexity index is 748. The second-order valence-corrected chi connectivity index (χ2v) is 7.57. The van der Waals surface area contributed by atoms with E-state index in [9.17, 15) is 4.79 Å². The number of hydrogen-bond donors (Lipinski definition) is 0. The summed E-state index contributed by atoms with van der Waals surface area (Å²) in [5.74, 6) is -0.179. The Morgan fingerprint density at radius 1 is 1.08 bits per heavy atom. The van der Waals surface area contributed by atoms with E-state index >= 15 is 0 Å². The van der Waals surface area contributed by atoms with Crippen molar-refractivity contribution in [2.24, 2.45) is 5.41 Å². The summed E-state index contributed by atoms with van der Waals surface area (Å²) >= 11 is 0. The number of aromatic nitrogens is 2. The molecular formula is C19H26N4O2. The van der Waals surface area contributed by atoms with Crippen molar-refractivity contribution in [2.75, 3.05) is 26.2 Å². The van der Waals surface area contributed by atoms with Gasteiger partial charge in [-0.15, -0.1) is 5.06 Å². The molecule has 0 spiro atoms. The van der Waals surface area contributed by atoms with E-state index in [0.717, 1.165) is 37.2 Å². The lowest BCUT2D eigenvalue weighted by molar-refractivity contribution is -0.207. The van der Waals surface area contributed by atoms with Gasteiger partial charge in [-0.3, -0.25) is 14.9 Å². The van der Waals surface area contributed by atoms with Gasteiger partial charge >= 0.3 is 5.97 Å². The Morgan fingerprint density at radius 3 is 2.36 bits per heavy atom. The molecule has 0 N–H and O–H groups in total. The van der Waals surface area contributed by atoms with Crippen molar-refractivity contribution in [1.82, 2.24) is 19.9 Å². The van der Waals surface area contributed by atoms with Gasteiger partial charge in [0.2, 0.25) is 0 Å². The van der Waals surface area contributed by atoms with Gasteiger partial charge in [-0.2, -0.15) is 0 Å². The van der Waals surface area contributed by atoms with Crippen LogP contribution in [0, 0.1) is 5.41 Å². The fraction of sp³-hybridized carbons (Fsp3) is 0.526. The van der Waals surface area contributed by atoms with Gasteiger partial charge in [0.25, 0.3) is 0 Å². The minimum absolute atomic E-state index is 0.179. The number of nitrogens with zero attached hydrogens (tertiary/aromatic N) is 4. The molecule has 0 bridgehead atoms. The molecule has 0 saturated carbocycles. The number of rotatable bonds is 3. The molecule has 25 heavy (non-hydrogen) atoms. The molecule has 1 aliphatic rings. The van der Waals surface area contributed by atoms with Crippen LogP contribution >= 0.6 is 0 Å². The van der Waals surface area contributed by atoms with E-state index in [1.54, 1.807) is 17.5 Å². The van der Waals surface area contributed by atoms with Crippen molar-refractivity contribution in [3.63, 3.8) is 0 Å². The van der Waals surface area contributed by atoms with Gasteiger partial charge in [0.15, 0.2) is 0 Å². The monoisotopic (exact) mass is 342 g/mol. The van der Waals surface area contributed by atoms with Crippen LogP contribution in [0.2, 0.25) is 0 Å². The van der Waals surface area contributed by atoms with Crippen molar-refractivity contribution < 1.29 is 9.63 Å². The third-order valence-electron chi connectivity index (χ3n) is 4.62. The minimum atomic E-state index is -0.476. The fourth-order valence-corrected chi connectivity index (χ4v) is 2.89. The summed E-state index contributed by atoms with van der Waals surface area (Å²) in [6.07, 6.45) is 3.43. The van der Waals surface area contributed by atoms with Crippen LogP contribution < -0.4 is 0 Å². The summed E-state index contributed by atoms with van der Waals surface area (Å²) in [5.41, 5.74) is 2.59. The van der Waals surface area contributed by atoms with E-state index < -0.39 is 5.41 Å². The minimum Gasteiger partial charge on any atom is -0.367 e. The summed E-state index contributed by atoms with van der Waals surface area (Å²) in [6, 6.07) is 6.54. The maximum Gasteiger partial charge on any atom is 0.330 e.